The second-order valence-corrected chi connectivity index (χ2v) is 22.2. The van der Waals surface area contributed by atoms with Gasteiger partial charge in [0.15, 0.2) is 0 Å². The fourth-order valence-corrected chi connectivity index (χ4v) is 9.90. The first kappa shape index (κ1) is 83.7. The van der Waals surface area contributed by atoms with Crippen LogP contribution in [-0.4, -0.2) is 316 Å². The van der Waals surface area contributed by atoms with E-state index in [9.17, 15) is 0 Å². The van der Waals surface area contributed by atoms with Gasteiger partial charge in [-0.3, -0.25) is 0 Å². The normalized spacial score (nSPS) is 13.0. The predicted octanol–water partition coefficient (Wildman–Crippen LogP) is 6.43. The van der Waals surface area contributed by atoms with Gasteiger partial charge in [-0.25, -0.2) is 0 Å². The summed E-state index contributed by atoms with van der Waals surface area (Å²) < 4.78 is 130. The van der Waals surface area contributed by atoms with Gasteiger partial charge in [-0.2, -0.15) is 0 Å². The third-order valence-electron chi connectivity index (χ3n) is 13.7. The highest BCUT2D eigenvalue weighted by atomic mass is 79.9. The molecule has 0 aliphatic heterocycles. The molecule has 1 atom stereocenters. The zero-order chi connectivity index (χ0) is 64.7. The van der Waals surface area contributed by atoms with Crippen LogP contribution in [0.4, 0.5) is 0 Å². The minimum atomic E-state index is -0.191. The summed E-state index contributed by atoms with van der Waals surface area (Å²) in [7, 11) is 3.40. The number of rotatable bonds is 73. The summed E-state index contributed by atoms with van der Waals surface area (Å²) in [6.07, 6.45) is 4.55. The number of hydrogen-bond acceptors (Lipinski definition) is 24. The molecule has 0 heterocycles. The van der Waals surface area contributed by atoms with Crippen molar-refractivity contribution < 1.29 is 114 Å². The Morgan fingerprint density at radius 1 is 0.308 bits per heavy atom. The molecule has 1 aliphatic carbocycles. The summed E-state index contributed by atoms with van der Waals surface area (Å²) in [4.78, 5) is 0. The van der Waals surface area contributed by atoms with E-state index in [0.717, 1.165) is 41.0 Å². The molecule has 2 aromatic rings. The monoisotopic (exact) mass is 1430 g/mol. The van der Waals surface area contributed by atoms with Crippen molar-refractivity contribution in [3.63, 3.8) is 0 Å². The molecule has 2 aromatic carbocycles. The summed E-state index contributed by atoms with van der Waals surface area (Å²) in [6.45, 7) is 21.3. The number of aliphatic hydroxyl groups is 1. The van der Waals surface area contributed by atoms with Gasteiger partial charge in [0.25, 0.3) is 0 Å². The van der Waals surface area contributed by atoms with E-state index in [0.29, 0.717) is 284 Å². The summed E-state index contributed by atoms with van der Waals surface area (Å²) >= 11 is 7.58. The number of methoxy groups -OCH3 is 2. The van der Waals surface area contributed by atoms with E-state index < -0.39 is 0 Å². The van der Waals surface area contributed by atoms with Gasteiger partial charge in [0.2, 0.25) is 0 Å². The summed E-state index contributed by atoms with van der Waals surface area (Å²) in [6, 6.07) is 13.4. The van der Waals surface area contributed by atoms with Crippen molar-refractivity contribution >= 4 is 31.9 Å². The molecule has 1 N–H and O–H groups in total. The lowest BCUT2D eigenvalue weighted by atomic mass is 9.71. The quantitative estimate of drug-likeness (QED) is 0.0703. The van der Waals surface area contributed by atoms with Crippen LogP contribution in [-0.2, 0) is 114 Å². The van der Waals surface area contributed by atoms with Crippen molar-refractivity contribution in [2.45, 2.75) is 43.6 Å². The number of aliphatic hydroxyl groups excluding tert-OH is 1. The van der Waals surface area contributed by atoms with Crippen LogP contribution in [0.25, 0.3) is 11.1 Å². The van der Waals surface area contributed by atoms with Crippen LogP contribution < -0.4 is 0 Å². The first-order valence-corrected chi connectivity index (χ1v) is 34.0. The van der Waals surface area contributed by atoms with E-state index >= 15 is 0 Å². The van der Waals surface area contributed by atoms with Gasteiger partial charge in [0.1, 0.15) is 0 Å². The van der Waals surface area contributed by atoms with Crippen LogP contribution in [0, 0.1) is 0 Å². The Morgan fingerprint density at radius 3 is 0.813 bits per heavy atom. The Bertz CT molecular complexity index is 1830. The molecule has 0 bridgehead atoms. The molecule has 1 aliphatic rings. The Labute approximate surface area is 559 Å². The minimum Gasteiger partial charge on any atom is -0.394 e. The topological polar surface area (TPSA) is 233 Å². The number of halogens is 2. The average Bonchev–Trinajstić information content (AvgIpc) is 1.61. The zero-order valence-electron chi connectivity index (χ0n) is 54.8. The van der Waals surface area contributed by atoms with Gasteiger partial charge < -0.3 is 114 Å². The van der Waals surface area contributed by atoms with Gasteiger partial charge in [0, 0.05) is 35.2 Å². The van der Waals surface area contributed by atoms with Crippen molar-refractivity contribution in [3.8, 4) is 11.1 Å². The van der Waals surface area contributed by atoms with Crippen molar-refractivity contribution in [2.24, 2.45) is 0 Å². The van der Waals surface area contributed by atoms with Crippen LogP contribution >= 0.6 is 31.9 Å². The minimum absolute atomic E-state index is 0.0160. The summed E-state index contributed by atoms with van der Waals surface area (Å²) in [5, 5.41) is 8.65. The summed E-state index contributed by atoms with van der Waals surface area (Å²) in [5.41, 5.74) is 5.08. The van der Waals surface area contributed by atoms with Crippen molar-refractivity contribution in [3.05, 3.63) is 56.5 Å². The van der Waals surface area contributed by atoms with Gasteiger partial charge >= 0.3 is 0 Å². The molecular weight excluding hydrogens is 1320 g/mol. The van der Waals surface area contributed by atoms with E-state index in [1.165, 1.54) is 22.3 Å². The van der Waals surface area contributed by atoms with Crippen LogP contribution in [0.5, 0.6) is 0 Å². The van der Waals surface area contributed by atoms with Gasteiger partial charge in [-0.05, 0) is 78.6 Å². The molecule has 0 saturated carbocycles. The lowest BCUT2D eigenvalue weighted by Crippen LogP contribution is -2.27. The highest BCUT2D eigenvalue weighted by Crippen LogP contribution is 2.55. The van der Waals surface area contributed by atoms with Gasteiger partial charge in [-0.1, -0.05) is 44.0 Å². The predicted molar refractivity (Wildman–Crippen MR) is 348 cm³/mol. The number of ether oxygens (including phenoxy) is 23. The molecule has 0 spiro atoms. The van der Waals surface area contributed by atoms with E-state index in [2.05, 4.69) is 68.3 Å². The molecule has 0 saturated heterocycles. The van der Waals surface area contributed by atoms with Gasteiger partial charge in [0.05, 0.1) is 290 Å². The molecule has 0 amide bonds. The lowest BCUT2D eigenvalue weighted by Gasteiger charge is -2.33. The third kappa shape index (κ3) is 45.6. The Hall–Kier alpha value is -1.56. The van der Waals surface area contributed by atoms with Crippen LogP contribution in [0.1, 0.15) is 43.2 Å². The summed E-state index contributed by atoms with van der Waals surface area (Å²) in [5.74, 6) is 0. The van der Waals surface area contributed by atoms with Crippen molar-refractivity contribution in [1.82, 2.24) is 0 Å². The molecule has 0 radical (unpaired) electrons. The van der Waals surface area contributed by atoms with Crippen LogP contribution in [0.15, 0.2) is 45.3 Å². The number of benzene rings is 2. The third-order valence-corrected chi connectivity index (χ3v) is 14.7. The SMILES string of the molecule is COCCOCCOCCOCCOCCOCCOCCOCCOCCOCCOCCOCCCC1(CCCC(COCCOCCOCCOCCOCCOCCOCCOCCOCCOCCO)OC)c2cc(Br)ccc2-c2ccc(Br)cc21. The van der Waals surface area contributed by atoms with Crippen molar-refractivity contribution in [2.75, 3.05) is 305 Å². The maximum absolute atomic E-state index is 8.65. The Balaban J connectivity index is 1.12. The van der Waals surface area contributed by atoms with E-state index in [1.807, 2.05) is 0 Å². The lowest BCUT2D eigenvalue weighted by molar-refractivity contribution is -0.0333. The second-order valence-electron chi connectivity index (χ2n) is 20.4. The molecule has 1 unspecified atom stereocenters. The number of hydrogen-bond donors (Lipinski definition) is 1. The molecule has 26 heteroatoms. The van der Waals surface area contributed by atoms with Gasteiger partial charge in [-0.15, -0.1) is 0 Å². The molecule has 0 aromatic heterocycles. The van der Waals surface area contributed by atoms with Crippen molar-refractivity contribution in [1.29, 1.82) is 0 Å². The first-order valence-electron chi connectivity index (χ1n) is 32.4. The fourth-order valence-electron chi connectivity index (χ4n) is 9.18. The molecule has 3 rings (SSSR count). The zero-order valence-corrected chi connectivity index (χ0v) is 58.0. The number of fused-ring (bicyclic) bond motifs is 3. The highest BCUT2D eigenvalue weighted by Gasteiger charge is 2.42. The highest BCUT2D eigenvalue weighted by molar-refractivity contribution is 9.10. The first-order chi connectivity index (χ1) is 45.1. The second kappa shape index (κ2) is 63.2. The molecule has 24 nitrogen and oxygen atoms in total. The Kier molecular flexibility index (Phi) is 58.1. The smallest absolute Gasteiger partial charge is 0.0804 e. The van der Waals surface area contributed by atoms with E-state index in [4.69, 9.17) is 114 Å². The fraction of sp³-hybridized carbons (Fsp3) is 0.815. The molecule has 91 heavy (non-hydrogen) atoms. The maximum atomic E-state index is 8.65. The molecule has 530 valence electrons. The Morgan fingerprint density at radius 2 is 0.549 bits per heavy atom. The molecular formula is C65H112Br2O24. The maximum Gasteiger partial charge on any atom is 0.0804 e. The average molecular weight is 1440 g/mol. The standard InChI is InChI=1S/C65H112Br2O24/c1-69-15-16-73-21-22-76-27-28-79-33-34-82-39-40-85-43-44-86-42-41-83-37-35-80-31-29-77-25-23-74-19-17-71-13-4-11-65(63-55-58(66)6-8-61(63)62-9-7-59(67)56-64(62)65)10-3-5-60(70-2)57-91-54-53-90-52-51-89-50-49-88-48-47-87-46-45-84-38-36-81-32-30-78-26-24-75-20-18-72-14-12-68/h6-9,55-56,60,68H,3-5,10-54,57H2,1-2H3. The van der Waals surface area contributed by atoms with E-state index in [-0.39, 0.29) is 18.1 Å². The largest absolute Gasteiger partial charge is 0.394 e. The van der Waals surface area contributed by atoms with E-state index in [1.54, 1.807) is 14.2 Å². The molecule has 0 fully saturated rings. The van der Waals surface area contributed by atoms with Crippen LogP contribution in [0.3, 0.4) is 0 Å². The van der Waals surface area contributed by atoms with Crippen LogP contribution in [0.2, 0.25) is 0 Å².